The first-order chi connectivity index (χ1) is 6.89. The van der Waals surface area contributed by atoms with Crippen molar-refractivity contribution in [3.8, 4) is 0 Å². The van der Waals surface area contributed by atoms with Gasteiger partial charge < -0.3 is 4.74 Å². The molecule has 2 bridgehead atoms. The highest BCUT2D eigenvalue weighted by atomic mass is 16.5. The standard InChI is InChI=1S/C13H15O/c1-2-4-12(5-3-1)13-8-6-11(7-9-13)10-14-13/h1-5H,6-10H2. The lowest BCUT2D eigenvalue weighted by Crippen LogP contribution is -2.41. The summed E-state index contributed by atoms with van der Waals surface area (Å²) < 4.78 is 6.01. The fourth-order valence-electron chi connectivity index (χ4n) is 2.65. The van der Waals surface area contributed by atoms with E-state index in [0.717, 1.165) is 6.61 Å². The van der Waals surface area contributed by atoms with Crippen LogP contribution < -0.4 is 0 Å². The molecule has 1 aromatic carbocycles. The minimum absolute atomic E-state index is 0.0585. The Morgan fingerprint density at radius 2 is 1.71 bits per heavy atom. The van der Waals surface area contributed by atoms with E-state index in [1.165, 1.54) is 31.2 Å². The summed E-state index contributed by atoms with van der Waals surface area (Å²) in [6.45, 7) is 0.898. The van der Waals surface area contributed by atoms with Crippen LogP contribution in [0.15, 0.2) is 30.3 Å². The van der Waals surface area contributed by atoms with Gasteiger partial charge in [0.25, 0.3) is 0 Å². The lowest BCUT2D eigenvalue weighted by molar-refractivity contribution is -0.108. The SMILES string of the molecule is c1ccc(C23CC[C](CC2)CO3)cc1. The van der Waals surface area contributed by atoms with E-state index in [9.17, 15) is 0 Å². The van der Waals surface area contributed by atoms with Crippen LogP contribution in [0.5, 0.6) is 0 Å². The van der Waals surface area contributed by atoms with Crippen LogP contribution in [0.1, 0.15) is 31.2 Å². The molecule has 1 radical (unpaired) electrons. The number of ether oxygens (including phenoxy) is 1. The van der Waals surface area contributed by atoms with Crippen molar-refractivity contribution < 1.29 is 4.74 Å². The molecule has 0 amide bonds. The maximum atomic E-state index is 6.01. The van der Waals surface area contributed by atoms with Gasteiger partial charge in [-0.15, -0.1) is 0 Å². The van der Waals surface area contributed by atoms with Gasteiger partial charge in [0.15, 0.2) is 0 Å². The maximum absolute atomic E-state index is 6.01. The molecule has 0 spiro atoms. The molecule has 1 aliphatic carbocycles. The molecule has 1 aromatic rings. The van der Waals surface area contributed by atoms with E-state index in [2.05, 4.69) is 30.3 Å². The first kappa shape index (κ1) is 8.49. The summed E-state index contributed by atoms with van der Waals surface area (Å²) in [5.41, 5.74) is 1.43. The van der Waals surface area contributed by atoms with Gasteiger partial charge in [-0.1, -0.05) is 30.3 Å². The Morgan fingerprint density at radius 1 is 1.00 bits per heavy atom. The van der Waals surface area contributed by atoms with E-state index in [0.29, 0.717) is 0 Å². The van der Waals surface area contributed by atoms with Crippen molar-refractivity contribution in [1.29, 1.82) is 0 Å². The van der Waals surface area contributed by atoms with Crippen molar-refractivity contribution >= 4 is 0 Å². The molecule has 0 N–H and O–H groups in total. The number of hydrogen-bond donors (Lipinski definition) is 0. The first-order valence-corrected chi connectivity index (χ1v) is 5.42. The van der Waals surface area contributed by atoms with Crippen LogP contribution in [0.2, 0.25) is 0 Å². The second kappa shape index (κ2) is 3.09. The Kier molecular flexibility index (Phi) is 1.88. The van der Waals surface area contributed by atoms with Crippen LogP contribution in [0.25, 0.3) is 0 Å². The normalized spacial score (nSPS) is 25.1. The van der Waals surface area contributed by atoms with Crippen molar-refractivity contribution in [2.24, 2.45) is 0 Å². The lowest BCUT2D eigenvalue weighted by Gasteiger charge is -2.46. The van der Waals surface area contributed by atoms with Crippen molar-refractivity contribution in [3.63, 3.8) is 0 Å². The average molecular weight is 187 g/mol. The van der Waals surface area contributed by atoms with Crippen LogP contribution in [0.4, 0.5) is 0 Å². The Labute approximate surface area is 85.1 Å². The molecule has 3 aliphatic rings. The van der Waals surface area contributed by atoms with Gasteiger partial charge in [-0.2, -0.15) is 0 Å². The quantitative estimate of drug-likeness (QED) is 0.656. The molecular weight excluding hydrogens is 172 g/mol. The second-order valence-electron chi connectivity index (χ2n) is 4.40. The van der Waals surface area contributed by atoms with Crippen LogP contribution in [0, 0.1) is 5.92 Å². The molecule has 1 heteroatoms. The third-order valence-corrected chi connectivity index (χ3v) is 3.62. The zero-order chi connectivity index (χ0) is 9.43. The molecule has 2 heterocycles. The zero-order valence-electron chi connectivity index (χ0n) is 8.33. The highest BCUT2D eigenvalue weighted by Gasteiger charge is 2.42. The highest BCUT2D eigenvalue weighted by Crippen LogP contribution is 2.48. The third-order valence-electron chi connectivity index (χ3n) is 3.62. The van der Waals surface area contributed by atoms with Gasteiger partial charge in [-0.05, 0) is 31.2 Å². The van der Waals surface area contributed by atoms with Crippen molar-refractivity contribution in [2.75, 3.05) is 6.61 Å². The van der Waals surface area contributed by atoms with Gasteiger partial charge in [0.2, 0.25) is 0 Å². The molecule has 0 unspecified atom stereocenters. The summed E-state index contributed by atoms with van der Waals surface area (Å²) in [4.78, 5) is 0. The van der Waals surface area contributed by atoms with Crippen molar-refractivity contribution in [2.45, 2.75) is 31.3 Å². The van der Waals surface area contributed by atoms with Gasteiger partial charge in [0.1, 0.15) is 0 Å². The van der Waals surface area contributed by atoms with E-state index in [-0.39, 0.29) is 5.60 Å². The van der Waals surface area contributed by atoms with Crippen molar-refractivity contribution in [1.82, 2.24) is 0 Å². The molecule has 0 atom stereocenters. The minimum atomic E-state index is 0.0585. The fraction of sp³-hybridized carbons (Fsp3) is 0.462. The maximum Gasteiger partial charge on any atom is 0.0932 e. The largest absolute Gasteiger partial charge is 0.370 e. The molecule has 3 fully saturated rings. The van der Waals surface area contributed by atoms with E-state index >= 15 is 0 Å². The molecule has 0 aromatic heterocycles. The van der Waals surface area contributed by atoms with Crippen LogP contribution >= 0.6 is 0 Å². The topological polar surface area (TPSA) is 9.23 Å². The smallest absolute Gasteiger partial charge is 0.0932 e. The predicted molar refractivity (Wildman–Crippen MR) is 55.8 cm³/mol. The molecule has 2 saturated heterocycles. The molecule has 73 valence electrons. The van der Waals surface area contributed by atoms with Gasteiger partial charge >= 0.3 is 0 Å². The van der Waals surface area contributed by atoms with E-state index < -0.39 is 0 Å². The second-order valence-corrected chi connectivity index (χ2v) is 4.40. The fourth-order valence-corrected chi connectivity index (χ4v) is 2.65. The lowest BCUT2D eigenvalue weighted by atomic mass is 9.72. The van der Waals surface area contributed by atoms with Crippen LogP contribution in [-0.2, 0) is 10.3 Å². The zero-order valence-corrected chi connectivity index (χ0v) is 8.33. The number of benzene rings is 1. The Hall–Kier alpha value is -0.820. The summed E-state index contributed by atoms with van der Waals surface area (Å²) >= 11 is 0. The van der Waals surface area contributed by atoms with E-state index in [1.54, 1.807) is 5.92 Å². The van der Waals surface area contributed by atoms with Gasteiger partial charge in [0.05, 0.1) is 12.2 Å². The minimum Gasteiger partial charge on any atom is -0.370 e. The summed E-state index contributed by atoms with van der Waals surface area (Å²) in [5, 5.41) is 0. The highest BCUT2D eigenvalue weighted by molar-refractivity contribution is 5.26. The average Bonchev–Trinajstić information content (AvgIpc) is 2.33. The van der Waals surface area contributed by atoms with Gasteiger partial charge in [0, 0.05) is 5.92 Å². The van der Waals surface area contributed by atoms with Gasteiger partial charge in [-0.3, -0.25) is 0 Å². The van der Waals surface area contributed by atoms with Crippen LogP contribution in [-0.4, -0.2) is 6.61 Å². The molecule has 4 rings (SSSR count). The number of hydrogen-bond acceptors (Lipinski definition) is 1. The number of fused-ring (bicyclic) bond motifs is 3. The molecule has 2 aliphatic heterocycles. The van der Waals surface area contributed by atoms with Crippen molar-refractivity contribution in [3.05, 3.63) is 41.8 Å². The molecule has 1 nitrogen and oxygen atoms in total. The summed E-state index contributed by atoms with van der Waals surface area (Å²) in [6, 6.07) is 10.7. The Morgan fingerprint density at radius 3 is 2.29 bits per heavy atom. The first-order valence-electron chi connectivity index (χ1n) is 5.42. The van der Waals surface area contributed by atoms with E-state index in [1.807, 2.05) is 0 Å². The van der Waals surface area contributed by atoms with E-state index in [4.69, 9.17) is 4.74 Å². The Balaban J connectivity index is 1.96. The van der Waals surface area contributed by atoms with Crippen LogP contribution in [0.3, 0.4) is 0 Å². The molecule has 1 saturated carbocycles. The third kappa shape index (κ3) is 1.19. The molecule has 14 heavy (non-hydrogen) atoms. The summed E-state index contributed by atoms with van der Waals surface area (Å²) in [5.74, 6) is 1.61. The Bertz CT molecular complexity index is 295. The number of rotatable bonds is 1. The predicted octanol–water partition coefficient (Wildman–Crippen LogP) is 3.06. The monoisotopic (exact) mass is 187 g/mol. The molecular formula is C13H15O. The summed E-state index contributed by atoms with van der Waals surface area (Å²) in [6.07, 6.45) is 4.92. The van der Waals surface area contributed by atoms with Gasteiger partial charge in [-0.25, -0.2) is 0 Å². The summed E-state index contributed by atoms with van der Waals surface area (Å²) in [7, 11) is 0.